The summed E-state index contributed by atoms with van der Waals surface area (Å²) in [7, 11) is 0. The summed E-state index contributed by atoms with van der Waals surface area (Å²) in [6.45, 7) is -0.222. The fraction of sp³-hybridized carbons (Fsp3) is 0.500. The van der Waals surface area contributed by atoms with Crippen LogP contribution >= 0.6 is 23.2 Å². The summed E-state index contributed by atoms with van der Waals surface area (Å²) in [6, 6.07) is 9.63. The quantitative estimate of drug-likeness (QED) is 0.416. The molecule has 1 heterocycles. The van der Waals surface area contributed by atoms with E-state index >= 15 is 0 Å². The number of hydrogen-bond acceptors (Lipinski definition) is 6. The highest BCUT2D eigenvalue weighted by atomic mass is 35.5. The maximum Gasteiger partial charge on any atom is 0.258 e. The Kier molecular flexibility index (Phi) is 6.58. The molecule has 2 aromatic rings. The molecule has 0 unspecified atom stereocenters. The van der Waals surface area contributed by atoms with Crippen molar-refractivity contribution in [3.8, 4) is 11.5 Å². The van der Waals surface area contributed by atoms with E-state index in [1.165, 1.54) is 12.1 Å². The second-order valence-corrected chi connectivity index (χ2v) is 12.3. The molecule has 202 valence electrons. The summed E-state index contributed by atoms with van der Waals surface area (Å²) in [5, 5.41) is 16.9. The number of nitrogens with one attached hydrogen (secondary N) is 2. The predicted molar refractivity (Wildman–Crippen MR) is 139 cm³/mol. The molecule has 2 bridgehead atoms. The molecule has 0 spiro atoms. The molecule has 4 aliphatic carbocycles. The monoisotopic (exact) mass is 562 g/mol. The van der Waals surface area contributed by atoms with Crippen molar-refractivity contribution in [1.82, 2.24) is 10.6 Å². The smallest absolute Gasteiger partial charge is 0.258 e. The normalized spacial score (nSPS) is 32.5. The van der Waals surface area contributed by atoms with Gasteiger partial charge in [-0.1, -0.05) is 23.2 Å². The molecule has 3 N–H and O–H groups in total. The van der Waals surface area contributed by atoms with Crippen molar-refractivity contribution in [2.24, 2.45) is 5.41 Å². The van der Waals surface area contributed by atoms with Gasteiger partial charge in [-0.05, 0) is 67.9 Å². The summed E-state index contributed by atoms with van der Waals surface area (Å²) in [5.74, 6) is 0.0889. The van der Waals surface area contributed by atoms with E-state index in [4.69, 9.17) is 32.7 Å². The van der Waals surface area contributed by atoms with E-state index in [2.05, 4.69) is 10.6 Å². The number of ether oxygens (including phenoxy) is 2. The van der Waals surface area contributed by atoms with Crippen molar-refractivity contribution in [2.75, 3.05) is 6.61 Å². The molecule has 5 aliphatic rings. The number of carbonyl (C=O) groups excluding carboxylic acids is 2. The Morgan fingerprint density at radius 2 is 1.87 bits per heavy atom. The fourth-order valence-electron chi connectivity index (χ4n) is 6.65. The highest BCUT2D eigenvalue weighted by molar-refractivity contribution is 6.31. The highest BCUT2D eigenvalue weighted by Gasteiger charge is 2.68. The molecule has 38 heavy (non-hydrogen) atoms. The average molecular weight is 563 g/mol. The number of ketones is 1. The first-order valence-corrected chi connectivity index (χ1v) is 13.7. The first kappa shape index (κ1) is 25.9. The number of fused-ring (bicyclic) bond motifs is 1. The van der Waals surface area contributed by atoms with Crippen LogP contribution in [0.25, 0.3) is 0 Å². The van der Waals surface area contributed by atoms with Gasteiger partial charge in [-0.3, -0.25) is 9.59 Å². The SMILES string of the molecule is O=C(COc1ccc(Cl)c(F)c1)NC12CC(CC(=O)[C@H]3C[C@@H](NC4CC(O)C4)c4cc(Cl)ccc4O3)(C1)C2. The zero-order valence-corrected chi connectivity index (χ0v) is 22.2. The molecule has 1 amide bonds. The molecule has 0 aromatic heterocycles. The largest absolute Gasteiger partial charge is 0.484 e. The second-order valence-electron chi connectivity index (χ2n) is 11.4. The number of amides is 1. The number of aliphatic hydroxyl groups is 1. The first-order chi connectivity index (χ1) is 18.1. The molecule has 7 rings (SSSR count). The molecule has 2 atom stereocenters. The van der Waals surface area contributed by atoms with Crippen LogP contribution in [0, 0.1) is 11.2 Å². The standard InChI is InChI=1S/C28H29Cl2FN2O5/c29-15-1-4-24-19(5-15)22(32-16-6-17(34)7-16)9-25(38-24)23(35)10-27-12-28(13-27,14-27)33-26(36)11-37-18-2-3-20(30)21(31)8-18/h1-5,8,16-17,22,25,32,34H,6-7,9-14H2,(H,33,36)/t16?,17?,22-,25-,27?,28?/m1/s1. The molecular weight excluding hydrogens is 534 g/mol. The third-order valence-electron chi connectivity index (χ3n) is 8.33. The lowest BCUT2D eigenvalue weighted by Crippen LogP contribution is -2.75. The first-order valence-electron chi connectivity index (χ1n) is 12.9. The van der Waals surface area contributed by atoms with Crippen molar-refractivity contribution in [3.63, 3.8) is 0 Å². The van der Waals surface area contributed by atoms with E-state index < -0.39 is 11.9 Å². The van der Waals surface area contributed by atoms with E-state index in [0.29, 0.717) is 36.5 Å². The lowest BCUT2D eigenvalue weighted by molar-refractivity contribution is -0.175. The number of aliphatic hydroxyl groups excluding tert-OH is 1. The minimum atomic E-state index is -0.603. The summed E-state index contributed by atoms with van der Waals surface area (Å²) in [6.07, 6.45) is 3.72. The Morgan fingerprint density at radius 3 is 2.58 bits per heavy atom. The summed E-state index contributed by atoms with van der Waals surface area (Å²) in [5.41, 5.74) is 0.547. The van der Waals surface area contributed by atoms with Crippen LogP contribution in [0.3, 0.4) is 0 Å². The third kappa shape index (κ3) is 4.99. The molecule has 0 radical (unpaired) electrons. The maximum atomic E-state index is 13.6. The molecule has 10 heteroatoms. The molecule has 1 aliphatic heterocycles. The number of hydrogen-bond donors (Lipinski definition) is 3. The topological polar surface area (TPSA) is 96.9 Å². The number of halogens is 3. The third-order valence-corrected chi connectivity index (χ3v) is 8.87. The summed E-state index contributed by atoms with van der Waals surface area (Å²) in [4.78, 5) is 25.8. The van der Waals surface area contributed by atoms with Crippen molar-refractivity contribution in [2.45, 2.75) is 74.8 Å². The van der Waals surface area contributed by atoms with Crippen molar-refractivity contribution >= 4 is 34.9 Å². The van der Waals surface area contributed by atoms with Crippen LogP contribution in [0.5, 0.6) is 11.5 Å². The van der Waals surface area contributed by atoms with Crippen LogP contribution in [0.4, 0.5) is 4.39 Å². The van der Waals surface area contributed by atoms with Gasteiger partial charge in [0.15, 0.2) is 18.5 Å². The van der Waals surface area contributed by atoms with Crippen LogP contribution in [-0.2, 0) is 9.59 Å². The molecular formula is C28H29Cl2FN2O5. The van der Waals surface area contributed by atoms with Gasteiger partial charge in [0.05, 0.1) is 11.1 Å². The number of rotatable bonds is 9. The van der Waals surface area contributed by atoms with E-state index in [9.17, 15) is 19.1 Å². The van der Waals surface area contributed by atoms with Gasteiger partial charge >= 0.3 is 0 Å². The average Bonchev–Trinajstić information content (AvgIpc) is 2.81. The zero-order valence-electron chi connectivity index (χ0n) is 20.6. The molecule has 7 nitrogen and oxygen atoms in total. The number of carbonyl (C=O) groups is 2. The van der Waals surface area contributed by atoms with Gasteiger partial charge in [0, 0.05) is 47.1 Å². The minimum absolute atomic E-state index is 0.00673. The molecule has 0 saturated heterocycles. The highest BCUT2D eigenvalue weighted by Crippen LogP contribution is 2.69. The van der Waals surface area contributed by atoms with E-state index in [1.807, 2.05) is 12.1 Å². The predicted octanol–water partition coefficient (Wildman–Crippen LogP) is 4.51. The lowest BCUT2D eigenvalue weighted by Gasteiger charge is -2.70. The Labute approximate surface area is 230 Å². The fourth-order valence-corrected chi connectivity index (χ4v) is 6.95. The van der Waals surface area contributed by atoms with Gasteiger partial charge < -0.3 is 25.2 Å². The van der Waals surface area contributed by atoms with Crippen molar-refractivity contribution in [1.29, 1.82) is 0 Å². The van der Waals surface area contributed by atoms with Crippen molar-refractivity contribution in [3.05, 3.63) is 57.8 Å². The van der Waals surface area contributed by atoms with Crippen LogP contribution in [0.15, 0.2) is 36.4 Å². The van der Waals surface area contributed by atoms with Gasteiger partial charge in [-0.2, -0.15) is 0 Å². The zero-order chi connectivity index (χ0) is 26.7. The van der Waals surface area contributed by atoms with E-state index in [0.717, 1.165) is 30.9 Å². The van der Waals surface area contributed by atoms with Gasteiger partial charge in [-0.15, -0.1) is 0 Å². The Bertz CT molecular complexity index is 1260. The number of benzene rings is 2. The van der Waals surface area contributed by atoms with Crippen LogP contribution in [0.1, 0.15) is 56.6 Å². The Hall–Kier alpha value is -2.39. The van der Waals surface area contributed by atoms with Gasteiger partial charge in [-0.25, -0.2) is 4.39 Å². The van der Waals surface area contributed by atoms with Crippen molar-refractivity contribution < 1.29 is 28.6 Å². The second kappa shape index (κ2) is 9.66. The van der Waals surface area contributed by atoms with Crippen LogP contribution < -0.4 is 20.1 Å². The molecule has 4 fully saturated rings. The Balaban J connectivity index is 1.01. The Morgan fingerprint density at radius 1 is 1.11 bits per heavy atom. The van der Waals surface area contributed by atoms with Crippen LogP contribution in [-0.4, -0.2) is 47.2 Å². The molecule has 4 saturated carbocycles. The van der Waals surface area contributed by atoms with Gasteiger partial charge in [0.1, 0.15) is 17.3 Å². The summed E-state index contributed by atoms with van der Waals surface area (Å²) >= 11 is 11.9. The van der Waals surface area contributed by atoms with Gasteiger partial charge in [0.25, 0.3) is 5.91 Å². The minimum Gasteiger partial charge on any atom is -0.484 e. The van der Waals surface area contributed by atoms with Gasteiger partial charge in [0.2, 0.25) is 0 Å². The van der Waals surface area contributed by atoms with Crippen LogP contribution in [0.2, 0.25) is 10.0 Å². The molecule has 2 aromatic carbocycles. The van der Waals surface area contributed by atoms with E-state index in [1.54, 1.807) is 6.07 Å². The maximum absolute atomic E-state index is 13.6. The van der Waals surface area contributed by atoms with E-state index in [-0.39, 0.29) is 58.2 Å². The number of Topliss-reactive ketones (excluding diaryl/α,β-unsaturated/α-hetero) is 1. The lowest BCUT2D eigenvalue weighted by atomic mass is 9.38. The summed E-state index contributed by atoms with van der Waals surface area (Å²) < 4.78 is 25.1.